The topological polar surface area (TPSA) is 107 Å². The molecular weight excluding hydrogens is 224 g/mol. The second-order valence-corrected chi connectivity index (χ2v) is 4.20. The Kier molecular flexibility index (Phi) is 2.13. The molecule has 90 valence electrons. The molecule has 0 spiro atoms. The van der Waals surface area contributed by atoms with Crippen LogP contribution in [0.15, 0.2) is 16.9 Å². The van der Waals surface area contributed by atoms with Gasteiger partial charge in [0, 0.05) is 19.6 Å². The summed E-state index contributed by atoms with van der Waals surface area (Å²) in [5.74, 6) is 0.529. The molecule has 1 fully saturated rings. The van der Waals surface area contributed by atoms with Crippen molar-refractivity contribution >= 4 is 11.5 Å². The number of nitrogens with zero attached hydrogens (tertiary/aromatic N) is 3. The van der Waals surface area contributed by atoms with Gasteiger partial charge in [0.2, 0.25) is 0 Å². The van der Waals surface area contributed by atoms with E-state index in [-0.39, 0.29) is 5.69 Å². The van der Waals surface area contributed by atoms with Gasteiger partial charge in [-0.3, -0.25) is 0 Å². The zero-order valence-electron chi connectivity index (χ0n) is 8.97. The number of hydrogen-bond acceptors (Lipinski definition) is 6. The highest BCUT2D eigenvalue weighted by atomic mass is 16.3. The van der Waals surface area contributed by atoms with Crippen molar-refractivity contribution in [1.82, 2.24) is 25.1 Å². The van der Waals surface area contributed by atoms with E-state index in [1.165, 1.54) is 4.52 Å². The van der Waals surface area contributed by atoms with Crippen molar-refractivity contribution < 1.29 is 5.11 Å². The average molecular weight is 236 g/mol. The number of aromatic amines is 1. The highest BCUT2D eigenvalue weighted by Gasteiger charge is 2.33. The van der Waals surface area contributed by atoms with Crippen LogP contribution in [0.2, 0.25) is 0 Å². The van der Waals surface area contributed by atoms with Gasteiger partial charge >= 0.3 is 5.69 Å². The number of rotatable bonds is 3. The average Bonchev–Trinajstić information content (AvgIpc) is 2.66. The van der Waals surface area contributed by atoms with Gasteiger partial charge in [-0.25, -0.2) is 9.89 Å². The number of nitrogens with one attached hydrogen (secondary N) is 3. The lowest BCUT2D eigenvalue weighted by Crippen LogP contribution is -2.63. The maximum Gasteiger partial charge on any atom is 0.364 e. The van der Waals surface area contributed by atoms with E-state index in [0.717, 1.165) is 0 Å². The van der Waals surface area contributed by atoms with Gasteiger partial charge in [-0.15, -0.1) is 5.10 Å². The van der Waals surface area contributed by atoms with Crippen LogP contribution in [0.4, 0.5) is 5.82 Å². The summed E-state index contributed by atoms with van der Waals surface area (Å²) in [7, 11) is 0. The first kappa shape index (κ1) is 10.2. The van der Waals surface area contributed by atoms with Gasteiger partial charge in [0.15, 0.2) is 5.65 Å². The molecule has 0 aromatic carbocycles. The Balaban J connectivity index is 1.80. The predicted octanol–water partition coefficient (Wildman–Crippen LogP) is -1.84. The molecule has 2 aromatic heterocycles. The zero-order chi connectivity index (χ0) is 11.9. The van der Waals surface area contributed by atoms with Crippen molar-refractivity contribution in [2.24, 2.45) is 0 Å². The van der Waals surface area contributed by atoms with Gasteiger partial charge in [-0.2, -0.15) is 9.61 Å². The molecule has 0 bridgehead atoms. The number of aromatic nitrogens is 4. The fourth-order valence-electron chi connectivity index (χ4n) is 1.69. The van der Waals surface area contributed by atoms with Crippen molar-refractivity contribution in [2.75, 3.05) is 25.0 Å². The van der Waals surface area contributed by atoms with Crippen molar-refractivity contribution in [3.05, 3.63) is 22.6 Å². The molecule has 1 aliphatic rings. The second-order valence-electron chi connectivity index (χ2n) is 4.20. The van der Waals surface area contributed by atoms with Crippen LogP contribution >= 0.6 is 0 Å². The SMILES string of the molecule is O=c1[nH]nc2ccc(NCC3(O)CNC3)nn12. The molecule has 8 nitrogen and oxygen atoms in total. The molecule has 1 saturated heterocycles. The lowest BCUT2D eigenvalue weighted by Gasteiger charge is -2.37. The van der Waals surface area contributed by atoms with Crippen LogP contribution in [0.25, 0.3) is 5.65 Å². The summed E-state index contributed by atoms with van der Waals surface area (Å²) in [6.45, 7) is 1.52. The molecule has 17 heavy (non-hydrogen) atoms. The molecular formula is C9H12N6O2. The van der Waals surface area contributed by atoms with Gasteiger partial charge in [-0.05, 0) is 12.1 Å². The minimum Gasteiger partial charge on any atom is -0.385 e. The fraction of sp³-hybridized carbons (Fsp3) is 0.444. The molecule has 0 aliphatic carbocycles. The summed E-state index contributed by atoms with van der Waals surface area (Å²) in [6, 6.07) is 3.39. The maximum absolute atomic E-state index is 11.3. The Morgan fingerprint density at radius 2 is 2.35 bits per heavy atom. The number of fused-ring (bicyclic) bond motifs is 1. The largest absolute Gasteiger partial charge is 0.385 e. The summed E-state index contributed by atoms with van der Waals surface area (Å²) >= 11 is 0. The third-order valence-corrected chi connectivity index (χ3v) is 2.78. The Morgan fingerprint density at radius 3 is 3.06 bits per heavy atom. The molecule has 3 heterocycles. The highest BCUT2D eigenvalue weighted by molar-refractivity contribution is 5.43. The quantitative estimate of drug-likeness (QED) is 0.499. The molecule has 4 N–H and O–H groups in total. The second kappa shape index (κ2) is 3.54. The molecule has 0 unspecified atom stereocenters. The van der Waals surface area contributed by atoms with E-state index in [9.17, 15) is 9.90 Å². The highest BCUT2D eigenvalue weighted by Crippen LogP contribution is 2.11. The number of β-amino-alcohol motifs (C(OH)–C–C–N with tert-alkyl or cyclic N) is 1. The van der Waals surface area contributed by atoms with Gasteiger partial charge in [0.05, 0.1) is 0 Å². The van der Waals surface area contributed by atoms with E-state index in [0.29, 0.717) is 31.1 Å². The molecule has 1 aliphatic heterocycles. The summed E-state index contributed by atoms with van der Waals surface area (Å²) in [6.07, 6.45) is 0. The standard InChI is InChI=1S/C9H12N6O2/c16-8-13-12-7-2-1-6(14-15(7)8)11-5-9(17)3-10-4-9/h1-2,10,17H,3-5H2,(H,11,14)(H,13,16). The fourth-order valence-corrected chi connectivity index (χ4v) is 1.69. The monoisotopic (exact) mass is 236 g/mol. The van der Waals surface area contributed by atoms with Crippen molar-refractivity contribution in [3.63, 3.8) is 0 Å². The number of hydrogen-bond donors (Lipinski definition) is 4. The van der Waals surface area contributed by atoms with E-state index in [1.54, 1.807) is 12.1 Å². The van der Waals surface area contributed by atoms with E-state index < -0.39 is 5.60 Å². The van der Waals surface area contributed by atoms with Crippen LogP contribution < -0.4 is 16.3 Å². The minimum absolute atomic E-state index is 0.382. The van der Waals surface area contributed by atoms with E-state index in [1.807, 2.05) is 0 Å². The first-order valence-electron chi connectivity index (χ1n) is 5.28. The minimum atomic E-state index is -0.724. The molecule has 0 amide bonds. The maximum atomic E-state index is 11.3. The van der Waals surface area contributed by atoms with Gasteiger partial charge in [-0.1, -0.05) is 0 Å². The number of H-pyrrole nitrogens is 1. The van der Waals surface area contributed by atoms with Crippen LogP contribution in [0, 0.1) is 0 Å². The zero-order valence-corrected chi connectivity index (χ0v) is 8.97. The number of aliphatic hydroxyl groups is 1. The van der Waals surface area contributed by atoms with Crippen LogP contribution in [0.1, 0.15) is 0 Å². The van der Waals surface area contributed by atoms with Gasteiger partial charge in [0.1, 0.15) is 11.4 Å². The van der Waals surface area contributed by atoms with E-state index >= 15 is 0 Å². The summed E-state index contributed by atoms with van der Waals surface area (Å²) in [5.41, 5.74) is -0.643. The Morgan fingerprint density at radius 1 is 1.53 bits per heavy atom. The molecule has 2 aromatic rings. The molecule has 0 saturated carbocycles. The van der Waals surface area contributed by atoms with Gasteiger partial charge < -0.3 is 15.7 Å². The lowest BCUT2D eigenvalue weighted by molar-refractivity contribution is 0.00304. The van der Waals surface area contributed by atoms with Crippen molar-refractivity contribution in [2.45, 2.75) is 5.60 Å². The van der Waals surface area contributed by atoms with Crippen LogP contribution in [-0.4, -0.2) is 50.2 Å². The van der Waals surface area contributed by atoms with Crippen LogP contribution in [-0.2, 0) is 0 Å². The van der Waals surface area contributed by atoms with Crippen LogP contribution in [0.3, 0.4) is 0 Å². The molecule has 0 radical (unpaired) electrons. The van der Waals surface area contributed by atoms with E-state index in [2.05, 4.69) is 25.9 Å². The van der Waals surface area contributed by atoms with Gasteiger partial charge in [0.25, 0.3) is 0 Å². The third kappa shape index (κ3) is 1.77. The Labute approximate surface area is 95.7 Å². The molecule has 0 atom stereocenters. The summed E-state index contributed by atoms with van der Waals surface area (Å²) in [4.78, 5) is 11.3. The van der Waals surface area contributed by atoms with E-state index in [4.69, 9.17) is 0 Å². The normalized spacial score (nSPS) is 17.9. The molecule has 3 rings (SSSR count). The first-order chi connectivity index (χ1) is 8.16. The Bertz CT molecular complexity index is 599. The first-order valence-corrected chi connectivity index (χ1v) is 5.28. The predicted molar refractivity (Wildman–Crippen MR) is 59.9 cm³/mol. The lowest BCUT2D eigenvalue weighted by atomic mass is 9.97. The number of anilines is 1. The van der Waals surface area contributed by atoms with Crippen LogP contribution in [0.5, 0.6) is 0 Å². The molecule has 8 heteroatoms. The van der Waals surface area contributed by atoms with Crippen molar-refractivity contribution in [3.8, 4) is 0 Å². The third-order valence-electron chi connectivity index (χ3n) is 2.78. The van der Waals surface area contributed by atoms with Crippen molar-refractivity contribution in [1.29, 1.82) is 0 Å². The summed E-state index contributed by atoms with van der Waals surface area (Å²) in [5, 5.41) is 26.0. The summed E-state index contributed by atoms with van der Waals surface area (Å²) < 4.78 is 1.17. The smallest absolute Gasteiger partial charge is 0.364 e. The Hall–Kier alpha value is -1.93.